The molecule has 0 radical (unpaired) electrons. The summed E-state index contributed by atoms with van der Waals surface area (Å²) in [5.74, 6) is 0.729. The molecule has 0 spiro atoms. The summed E-state index contributed by atoms with van der Waals surface area (Å²) in [6.45, 7) is 7.15. The van der Waals surface area contributed by atoms with Crippen LogP contribution in [0.25, 0.3) is 10.9 Å². The second kappa shape index (κ2) is 6.63. The van der Waals surface area contributed by atoms with Gasteiger partial charge >= 0.3 is 0 Å². The molecule has 0 saturated carbocycles. The van der Waals surface area contributed by atoms with E-state index in [2.05, 4.69) is 30.7 Å². The molecule has 0 aliphatic heterocycles. The molecule has 2 aromatic heterocycles. The SMILES string of the molecule is CCCc1cnc(N(C)Cc2ccc(F)cc2)c2[nH]c(C)c(C)c12. The second-order valence-electron chi connectivity index (χ2n) is 6.46. The lowest BCUT2D eigenvalue weighted by Gasteiger charge is -2.20. The quantitative estimate of drug-likeness (QED) is 0.723. The third-order valence-electron chi connectivity index (χ3n) is 4.60. The number of halogens is 1. The zero-order chi connectivity index (χ0) is 17.3. The largest absolute Gasteiger partial charge is 0.355 e. The van der Waals surface area contributed by atoms with Crippen LogP contribution in [0.3, 0.4) is 0 Å². The summed E-state index contributed by atoms with van der Waals surface area (Å²) in [6, 6.07) is 6.64. The minimum atomic E-state index is -0.207. The second-order valence-corrected chi connectivity index (χ2v) is 6.46. The van der Waals surface area contributed by atoms with Crippen molar-refractivity contribution in [1.82, 2.24) is 9.97 Å². The standard InChI is InChI=1S/C20H24FN3/c1-5-6-16-11-22-20(19-18(16)13(2)14(3)23-19)24(4)12-15-7-9-17(21)10-8-15/h7-11,23H,5-6,12H2,1-4H3. The number of fused-ring (bicyclic) bond motifs is 1. The number of hydrogen-bond acceptors (Lipinski definition) is 2. The number of anilines is 1. The van der Waals surface area contributed by atoms with Gasteiger partial charge in [-0.2, -0.15) is 0 Å². The van der Waals surface area contributed by atoms with E-state index >= 15 is 0 Å². The molecule has 24 heavy (non-hydrogen) atoms. The van der Waals surface area contributed by atoms with Gasteiger partial charge in [0.1, 0.15) is 5.82 Å². The summed E-state index contributed by atoms with van der Waals surface area (Å²) in [5, 5.41) is 1.30. The van der Waals surface area contributed by atoms with Crippen molar-refractivity contribution in [3.05, 3.63) is 58.7 Å². The highest BCUT2D eigenvalue weighted by molar-refractivity contribution is 5.95. The topological polar surface area (TPSA) is 31.9 Å². The van der Waals surface area contributed by atoms with Gasteiger partial charge in [-0.3, -0.25) is 0 Å². The van der Waals surface area contributed by atoms with Crippen molar-refractivity contribution in [2.75, 3.05) is 11.9 Å². The van der Waals surface area contributed by atoms with Crippen LogP contribution in [-0.4, -0.2) is 17.0 Å². The fraction of sp³-hybridized carbons (Fsp3) is 0.350. The number of rotatable bonds is 5. The number of benzene rings is 1. The minimum Gasteiger partial charge on any atom is -0.355 e. The number of aromatic amines is 1. The summed E-state index contributed by atoms with van der Waals surface area (Å²) >= 11 is 0. The van der Waals surface area contributed by atoms with Gasteiger partial charge in [0.15, 0.2) is 5.82 Å². The molecular formula is C20H24FN3. The Bertz CT molecular complexity index is 849. The lowest BCUT2D eigenvalue weighted by atomic mass is 10.0. The molecule has 3 rings (SSSR count). The molecule has 2 heterocycles. The van der Waals surface area contributed by atoms with E-state index in [4.69, 9.17) is 4.98 Å². The molecule has 3 aromatic rings. The van der Waals surface area contributed by atoms with Crippen molar-refractivity contribution in [3.63, 3.8) is 0 Å². The first kappa shape index (κ1) is 16.5. The molecule has 1 N–H and O–H groups in total. The monoisotopic (exact) mass is 325 g/mol. The highest BCUT2D eigenvalue weighted by atomic mass is 19.1. The van der Waals surface area contributed by atoms with Crippen LogP contribution in [-0.2, 0) is 13.0 Å². The van der Waals surface area contributed by atoms with E-state index in [1.807, 2.05) is 25.4 Å². The van der Waals surface area contributed by atoms with E-state index in [0.29, 0.717) is 6.54 Å². The number of nitrogens with zero attached hydrogens (tertiary/aromatic N) is 2. The van der Waals surface area contributed by atoms with Crippen molar-refractivity contribution in [3.8, 4) is 0 Å². The van der Waals surface area contributed by atoms with Gasteiger partial charge in [0, 0.05) is 30.9 Å². The summed E-state index contributed by atoms with van der Waals surface area (Å²) < 4.78 is 13.1. The molecule has 126 valence electrons. The molecule has 1 aromatic carbocycles. The van der Waals surface area contributed by atoms with Crippen LogP contribution in [0, 0.1) is 19.7 Å². The molecule has 0 aliphatic rings. The number of nitrogens with one attached hydrogen (secondary N) is 1. The maximum absolute atomic E-state index is 13.1. The zero-order valence-corrected chi connectivity index (χ0v) is 14.8. The van der Waals surface area contributed by atoms with Crippen molar-refractivity contribution in [2.24, 2.45) is 0 Å². The van der Waals surface area contributed by atoms with Gasteiger partial charge in [0.25, 0.3) is 0 Å². The molecule has 3 nitrogen and oxygen atoms in total. The average molecular weight is 325 g/mol. The van der Waals surface area contributed by atoms with E-state index in [-0.39, 0.29) is 5.82 Å². The molecule has 0 fully saturated rings. The molecule has 0 bridgehead atoms. The third-order valence-corrected chi connectivity index (χ3v) is 4.60. The van der Waals surface area contributed by atoms with Crippen LogP contribution in [0.5, 0.6) is 0 Å². The first-order chi connectivity index (χ1) is 11.5. The Morgan fingerprint density at radius 1 is 1.17 bits per heavy atom. The number of H-pyrrole nitrogens is 1. The summed E-state index contributed by atoms with van der Waals surface area (Å²) in [5.41, 5.74) is 5.94. The first-order valence-electron chi connectivity index (χ1n) is 8.43. The van der Waals surface area contributed by atoms with Gasteiger partial charge < -0.3 is 9.88 Å². The van der Waals surface area contributed by atoms with Gasteiger partial charge in [0.2, 0.25) is 0 Å². The molecule has 4 heteroatoms. The van der Waals surface area contributed by atoms with Gasteiger partial charge in [-0.05, 0) is 49.1 Å². The number of hydrogen-bond donors (Lipinski definition) is 1. The van der Waals surface area contributed by atoms with E-state index in [9.17, 15) is 4.39 Å². The Labute approximate surface area is 142 Å². The Morgan fingerprint density at radius 3 is 2.54 bits per heavy atom. The fourth-order valence-corrected chi connectivity index (χ4v) is 3.24. The van der Waals surface area contributed by atoms with Crippen molar-refractivity contribution in [2.45, 2.75) is 40.2 Å². The Kier molecular flexibility index (Phi) is 4.56. The maximum Gasteiger partial charge on any atom is 0.153 e. The van der Waals surface area contributed by atoms with Crippen LogP contribution < -0.4 is 4.90 Å². The van der Waals surface area contributed by atoms with Gasteiger partial charge in [-0.25, -0.2) is 9.37 Å². The Morgan fingerprint density at radius 2 is 1.88 bits per heavy atom. The van der Waals surface area contributed by atoms with Crippen molar-refractivity contribution >= 4 is 16.7 Å². The molecule has 0 aliphatic carbocycles. The Balaban J connectivity index is 2.01. The van der Waals surface area contributed by atoms with E-state index < -0.39 is 0 Å². The summed E-state index contributed by atoms with van der Waals surface area (Å²) in [7, 11) is 2.02. The summed E-state index contributed by atoms with van der Waals surface area (Å²) in [6.07, 6.45) is 4.14. The molecular weight excluding hydrogens is 301 g/mol. The summed E-state index contributed by atoms with van der Waals surface area (Å²) in [4.78, 5) is 10.3. The number of aryl methyl sites for hydroxylation is 3. The zero-order valence-electron chi connectivity index (χ0n) is 14.8. The van der Waals surface area contributed by atoms with Crippen molar-refractivity contribution < 1.29 is 4.39 Å². The highest BCUT2D eigenvalue weighted by Crippen LogP contribution is 2.31. The van der Waals surface area contributed by atoms with Crippen LogP contribution in [0.15, 0.2) is 30.5 Å². The fourth-order valence-electron chi connectivity index (χ4n) is 3.24. The molecule has 0 amide bonds. The van der Waals surface area contributed by atoms with Gasteiger partial charge in [-0.1, -0.05) is 25.5 Å². The van der Waals surface area contributed by atoms with Gasteiger partial charge in [-0.15, -0.1) is 0 Å². The van der Waals surface area contributed by atoms with E-state index in [1.165, 1.54) is 34.3 Å². The van der Waals surface area contributed by atoms with Crippen LogP contribution >= 0.6 is 0 Å². The van der Waals surface area contributed by atoms with Crippen LogP contribution in [0.4, 0.5) is 10.2 Å². The predicted octanol–water partition coefficient (Wildman–Crippen LogP) is 4.91. The third kappa shape index (κ3) is 3.01. The van der Waals surface area contributed by atoms with E-state index in [1.54, 1.807) is 0 Å². The molecule has 0 saturated heterocycles. The average Bonchev–Trinajstić information content (AvgIpc) is 2.86. The normalized spacial score (nSPS) is 11.2. The smallest absolute Gasteiger partial charge is 0.153 e. The van der Waals surface area contributed by atoms with Crippen molar-refractivity contribution in [1.29, 1.82) is 0 Å². The Hall–Kier alpha value is -2.36. The van der Waals surface area contributed by atoms with Gasteiger partial charge in [0.05, 0.1) is 5.52 Å². The first-order valence-corrected chi connectivity index (χ1v) is 8.43. The maximum atomic E-state index is 13.1. The predicted molar refractivity (Wildman–Crippen MR) is 98.1 cm³/mol. The lowest BCUT2D eigenvalue weighted by Crippen LogP contribution is -2.18. The van der Waals surface area contributed by atoms with E-state index in [0.717, 1.165) is 29.7 Å². The van der Waals surface area contributed by atoms with Crippen LogP contribution in [0.1, 0.15) is 35.7 Å². The highest BCUT2D eigenvalue weighted by Gasteiger charge is 2.16. The number of aromatic nitrogens is 2. The molecule has 0 atom stereocenters. The minimum absolute atomic E-state index is 0.207. The van der Waals surface area contributed by atoms with Crippen LogP contribution in [0.2, 0.25) is 0 Å². The lowest BCUT2D eigenvalue weighted by molar-refractivity contribution is 0.627. The number of pyridine rings is 1. The molecule has 0 unspecified atom stereocenters.